The van der Waals surface area contributed by atoms with E-state index in [1.165, 1.54) is 11.6 Å². The standard InChI is InChI=1S/C23H26N2O2/c1-16(26)25-14-13-18-8-11-20(15-21(18)25)24-22(27)12-7-17-5-9-19(10-6-17)23(2,3)4/h5-12,15H,13-14H2,1-4H3,(H,24,27)/b12-7+. The summed E-state index contributed by atoms with van der Waals surface area (Å²) in [5.41, 5.74) is 5.08. The molecule has 0 aliphatic carbocycles. The SMILES string of the molecule is CC(=O)N1CCc2ccc(NC(=O)/C=C/c3ccc(C(C)(C)C)cc3)cc21. The second kappa shape index (κ2) is 7.39. The summed E-state index contributed by atoms with van der Waals surface area (Å²) >= 11 is 0. The van der Waals surface area contributed by atoms with Gasteiger partial charge in [-0.25, -0.2) is 0 Å². The second-order valence-electron chi connectivity index (χ2n) is 7.96. The Balaban J connectivity index is 1.67. The molecule has 2 aromatic carbocycles. The first-order valence-corrected chi connectivity index (χ1v) is 9.25. The number of carbonyl (C=O) groups is 2. The third kappa shape index (κ3) is 4.45. The van der Waals surface area contributed by atoms with Crippen LogP contribution < -0.4 is 10.2 Å². The van der Waals surface area contributed by atoms with Gasteiger partial charge in [0.2, 0.25) is 11.8 Å². The van der Waals surface area contributed by atoms with Crippen molar-refractivity contribution in [3.8, 4) is 0 Å². The number of benzene rings is 2. The van der Waals surface area contributed by atoms with E-state index in [4.69, 9.17) is 0 Å². The van der Waals surface area contributed by atoms with E-state index in [9.17, 15) is 9.59 Å². The van der Waals surface area contributed by atoms with Gasteiger partial charge in [-0.15, -0.1) is 0 Å². The fourth-order valence-electron chi connectivity index (χ4n) is 3.23. The van der Waals surface area contributed by atoms with Crippen LogP contribution in [0.4, 0.5) is 11.4 Å². The highest BCUT2D eigenvalue weighted by Crippen LogP contribution is 2.31. The molecule has 0 atom stereocenters. The Labute approximate surface area is 160 Å². The minimum Gasteiger partial charge on any atom is -0.322 e. The summed E-state index contributed by atoms with van der Waals surface area (Å²) < 4.78 is 0. The maximum Gasteiger partial charge on any atom is 0.248 e. The van der Waals surface area contributed by atoms with Crippen LogP contribution in [0.5, 0.6) is 0 Å². The normalized spacial score (nSPS) is 13.7. The number of amides is 2. The van der Waals surface area contributed by atoms with Crippen molar-refractivity contribution in [1.29, 1.82) is 0 Å². The lowest BCUT2D eigenvalue weighted by Crippen LogP contribution is -2.25. The zero-order valence-electron chi connectivity index (χ0n) is 16.4. The van der Waals surface area contributed by atoms with Crippen LogP contribution in [0.25, 0.3) is 6.08 Å². The van der Waals surface area contributed by atoms with E-state index in [0.29, 0.717) is 12.2 Å². The first-order chi connectivity index (χ1) is 12.7. The molecule has 4 heteroatoms. The lowest BCUT2D eigenvalue weighted by Gasteiger charge is -2.18. The average Bonchev–Trinajstić information content (AvgIpc) is 3.03. The van der Waals surface area contributed by atoms with Crippen molar-refractivity contribution in [3.05, 3.63) is 65.2 Å². The van der Waals surface area contributed by atoms with Crippen LogP contribution in [0, 0.1) is 0 Å². The van der Waals surface area contributed by atoms with Gasteiger partial charge in [0.15, 0.2) is 0 Å². The minimum atomic E-state index is -0.192. The first kappa shape index (κ1) is 18.9. The monoisotopic (exact) mass is 362 g/mol. The number of nitrogens with zero attached hydrogens (tertiary/aromatic N) is 1. The average molecular weight is 362 g/mol. The van der Waals surface area contributed by atoms with Crippen LogP contribution in [0.2, 0.25) is 0 Å². The number of nitrogens with one attached hydrogen (secondary N) is 1. The summed E-state index contributed by atoms with van der Waals surface area (Å²) in [5.74, 6) is -0.168. The predicted octanol–water partition coefficient (Wildman–Crippen LogP) is 4.55. The van der Waals surface area contributed by atoms with Crippen LogP contribution in [0.15, 0.2) is 48.5 Å². The van der Waals surface area contributed by atoms with Gasteiger partial charge >= 0.3 is 0 Å². The van der Waals surface area contributed by atoms with Gasteiger partial charge in [-0.2, -0.15) is 0 Å². The van der Waals surface area contributed by atoms with Crippen LogP contribution >= 0.6 is 0 Å². The summed E-state index contributed by atoms with van der Waals surface area (Å²) in [6, 6.07) is 13.9. The first-order valence-electron chi connectivity index (χ1n) is 9.25. The van der Waals surface area contributed by atoms with E-state index in [0.717, 1.165) is 23.2 Å². The molecule has 1 aliphatic rings. The largest absolute Gasteiger partial charge is 0.322 e. The van der Waals surface area contributed by atoms with E-state index < -0.39 is 0 Å². The molecular formula is C23H26N2O2. The summed E-state index contributed by atoms with van der Waals surface area (Å²) in [6.45, 7) is 8.79. The van der Waals surface area contributed by atoms with Crippen molar-refractivity contribution in [2.75, 3.05) is 16.8 Å². The molecule has 0 bridgehead atoms. The van der Waals surface area contributed by atoms with Gasteiger partial charge in [0.25, 0.3) is 0 Å². The highest BCUT2D eigenvalue weighted by molar-refractivity contribution is 6.03. The van der Waals surface area contributed by atoms with E-state index >= 15 is 0 Å². The molecule has 2 amide bonds. The third-order valence-electron chi connectivity index (χ3n) is 4.83. The molecule has 0 spiro atoms. The van der Waals surface area contributed by atoms with Crippen LogP contribution in [-0.4, -0.2) is 18.4 Å². The summed E-state index contributed by atoms with van der Waals surface area (Å²) in [4.78, 5) is 25.7. The summed E-state index contributed by atoms with van der Waals surface area (Å²) in [7, 11) is 0. The topological polar surface area (TPSA) is 49.4 Å². The summed E-state index contributed by atoms with van der Waals surface area (Å²) in [6.07, 6.45) is 4.19. The minimum absolute atomic E-state index is 0.0239. The molecule has 140 valence electrons. The van der Waals surface area contributed by atoms with E-state index in [-0.39, 0.29) is 17.2 Å². The van der Waals surface area contributed by atoms with Gasteiger partial charge < -0.3 is 10.2 Å². The Hall–Kier alpha value is -2.88. The van der Waals surface area contributed by atoms with Crippen LogP contribution in [0.1, 0.15) is 44.4 Å². The smallest absolute Gasteiger partial charge is 0.248 e. The highest BCUT2D eigenvalue weighted by Gasteiger charge is 2.22. The zero-order chi connectivity index (χ0) is 19.6. The van der Waals surface area contributed by atoms with Gasteiger partial charge in [-0.3, -0.25) is 9.59 Å². The molecule has 0 saturated carbocycles. The lowest BCUT2D eigenvalue weighted by atomic mass is 9.87. The van der Waals surface area contributed by atoms with Gasteiger partial charge in [-0.1, -0.05) is 51.1 Å². The number of hydrogen-bond acceptors (Lipinski definition) is 2. The van der Waals surface area contributed by atoms with Crippen LogP contribution in [0.3, 0.4) is 0 Å². The molecule has 3 rings (SSSR count). The van der Waals surface area contributed by atoms with Gasteiger partial charge in [0.1, 0.15) is 0 Å². The number of hydrogen-bond donors (Lipinski definition) is 1. The Bertz CT molecular complexity index is 890. The summed E-state index contributed by atoms with van der Waals surface area (Å²) in [5, 5.41) is 2.87. The molecule has 0 unspecified atom stereocenters. The van der Waals surface area contributed by atoms with Crippen molar-refractivity contribution < 1.29 is 9.59 Å². The second-order valence-corrected chi connectivity index (χ2v) is 7.96. The van der Waals surface area contributed by atoms with Crippen molar-refractivity contribution in [3.63, 3.8) is 0 Å². The molecule has 4 nitrogen and oxygen atoms in total. The Morgan fingerprint density at radius 3 is 2.41 bits per heavy atom. The van der Waals surface area contributed by atoms with Crippen molar-refractivity contribution in [1.82, 2.24) is 0 Å². The Kier molecular flexibility index (Phi) is 5.17. The third-order valence-corrected chi connectivity index (χ3v) is 4.83. The van der Waals surface area contributed by atoms with E-state index in [1.54, 1.807) is 17.9 Å². The number of carbonyl (C=O) groups excluding carboxylic acids is 2. The Morgan fingerprint density at radius 1 is 1.07 bits per heavy atom. The van der Waals surface area contributed by atoms with Crippen molar-refractivity contribution in [2.45, 2.75) is 39.5 Å². The zero-order valence-corrected chi connectivity index (χ0v) is 16.4. The van der Waals surface area contributed by atoms with Crippen molar-refractivity contribution >= 4 is 29.3 Å². The molecule has 1 aliphatic heterocycles. The number of fused-ring (bicyclic) bond motifs is 1. The Morgan fingerprint density at radius 2 is 1.78 bits per heavy atom. The molecule has 2 aromatic rings. The molecule has 0 saturated heterocycles. The van der Waals surface area contributed by atoms with Crippen LogP contribution in [-0.2, 0) is 21.4 Å². The predicted molar refractivity (Wildman–Crippen MR) is 111 cm³/mol. The molecular weight excluding hydrogens is 336 g/mol. The quantitative estimate of drug-likeness (QED) is 0.815. The number of anilines is 2. The molecule has 0 fully saturated rings. The molecule has 27 heavy (non-hydrogen) atoms. The fraction of sp³-hybridized carbons (Fsp3) is 0.304. The van der Waals surface area contributed by atoms with Gasteiger partial charge in [-0.05, 0) is 46.7 Å². The molecule has 0 aromatic heterocycles. The molecule has 1 heterocycles. The van der Waals surface area contributed by atoms with Gasteiger partial charge in [0, 0.05) is 30.9 Å². The highest BCUT2D eigenvalue weighted by atomic mass is 16.2. The molecule has 0 radical (unpaired) electrons. The lowest BCUT2D eigenvalue weighted by molar-refractivity contribution is -0.116. The van der Waals surface area contributed by atoms with Gasteiger partial charge in [0.05, 0.1) is 0 Å². The van der Waals surface area contributed by atoms with E-state index in [2.05, 4.69) is 38.2 Å². The fourth-order valence-corrected chi connectivity index (χ4v) is 3.23. The number of rotatable bonds is 3. The maximum absolute atomic E-state index is 12.2. The maximum atomic E-state index is 12.2. The molecule has 1 N–H and O–H groups in total. The van der Waals surface area contributed by atoms with E-state index in [1.807, 2.05) is 30.3 Å². The van der Waals surface area contributed by atoms with Crippen molar-refractivity contribution in [2.24, 2.45) is 0 Å².